The highest BCUT2D eigenvalue weighted by atomic mass is 16.5. The van der Waals surface area contributed by atoms with Crippen LogP contribution in [0.3, 0.4) is 0 Å². The molecule has 4 nitrogen and oxygen atoms in total. The van der Waals surface area contributed by atoms with Crippen molar-refractivity contribution in [1.82, 2.24) is 0 Å². The molecule has 0 radical (unpaired) electrons. The van der Waals surface area contributed by atoms with E-state index >= 15 is 0 Å². The van der Waals surface area contributed by atoms with Crippen LogP contribution in [0.5, 0.6) is 5.75 Å². The number of hydrogen-bond acceptors (Lipinski definition) is 4. The van der Waals surface area contributed by atoms with E-state index in [0.29, 0.717) is 13.0 Å². The Hall–Kier alpha value is -1.55. The molecule has 1 aromatic carbocycles. The topological polar surface area (TPSA) is 44.8 Å². The van der Waals surface area contributed by atoms with Crippen LogP contribution in [0.2, 0.25) is 0 Å². The van der Waals surface area contributed by atoms with Crippen molar-refractivity contribution in [3.05, 3.63) is 29.8 Å². The monoisotopic (exact) mass is 322 g/mol. The van der Waals surface area contributed by atoms with Gasteiger partial charge in [-0.05, 0) is 37.0 Å². The van der Waals surface area contributed by atoms with Gasteiger partial charge in [0.05, 0.1) is 20.3 Å². The summed E-state index contributed by atoms with van der Waals surface area (Å²) in [6.45, 7) is 4.31. The second-order valence-corrected chi connectivity index (χ2v) is 5.64. The number of esters is 1. The molecule has 23 heavy (non-hydrogen) atoms. The fourth-order valence-corrected chi connectivity index (χ4v) is 2.17. The summed E-state index contributed by atoms with van der Waals surface area (Å²) in [5.41, 5.74) is 1.15. The smallest absolute Gasteiger partial charge is 0.305 e. The first-order valence-corrected chi connectivity index (χ1v) is 8.62. The summed E-state index contributed by atoms with van der Waals surface area (Å²) in [4.78, 5) is 10.9. The summed E-state index contributed by atoms with van der Waals surface area (Å²) in [7, 11) is 1.42. The van der Waals surface area contributed by atoms with E-state index in [1.807, 2.05) is 24.3 Å². The summed E-state index contributed by atoms with van der Waals surface area (Å²) in [5.74, 6) is 0.788. The third kappa shape index (κ3) is 9.95. The average molecular weight is 322 g/mol. The molecule has 0 saturated heterocycles. The molecular weight excluding hydrogens is 292 g/mol. The van der Waals surface area contributed by atoms with Gasteiger partial charge in [-0.3, -0.25) is 4.79 Å². The van der Waals surface area contributed by atoms with Gasteiger partial charge in [-0.15, -0.1) is 0 Å². The van der Waals surface area contributed by atoms with Crippen LogP contribution in [0.15, 0.2) is 24.3 Å². The summed E-state index contributed by atoms with van der Waals surface area (Å²) < 4.78 is 15.9. The van der Waals surface area contributed by atoms with E-state index in [-0.39, 0.29) is 5.97 Å². The number of benzene rings is 1. The molecule has 0 saturated carbocycles. The third-order valence-electron chi connectivity index (χ3n) is 3.61. The number of unbranched alkanes of at least 4 members (excludes halogenated alkanes) is 4. The van der Waals surface area contributed by atoms with E-state index in [1.165, 1.54) is 20.0 Å². The predicted octanol–water partition coefficient (Wildman–Crippen LogP) is 4.51. The van der Waals surface area contributed by atoms with Gasteiger partial charge in [-0.2, -0.15) is 0 Å². The van der Waals surface area contributed by atoms with Crippen molar-refractivity contribution in [2.45, 2.75) is 58.5 Å². The molecule has 1 rings (SSSR count). The summed E-state index contributed by atoms with van der Waals surface area (Å²) in [6, 6.07) is 8.10. The Labute approximate surface area is 140 Å². The Bertz CT molecular complexity index is 414. The number of carbonyl (C=O) groups is 1. The molecule has 0 N–H and O–H groups in total. The number of rotatable bonds is 13. The molecular formula is C19H30O4. The van der Waals surface area contributed by atoms with Crippen LogP contribution in [-0.2, 0) is 20.9 Å². The highest BCUT2D eigenvalue weighted by Gasteiger charge is 2.00. The van der Waals surface area contributed by atoms with Gasteiger partial charge in [0, 0.05) is 13.0 Å². The largest absolute Gasteiger partial charge is 0.494 e. The van der Waals surface area contributed by atoms with E-state index in [1.54, 1.807) is 0 Å². The van der Waals surface area contributed by atoms with Crippen LogP contribution in [0.1, 0.15) is 57.4 Å². The minimum atomic E-state index is -0.136. The molecule has 0 unspecified atom stereocenters. The van der Waals surface area contributed by atoms with Crippen LogP contribution in [0, 0.1) is 0 Å². The average Bonchev–Trinajstić information content (AvgIpc) is 2.58. The van der Waals surface area contributed by atoms with Crippen molar-refractivity contribution < 1.29 is 19.0 Å². The van der Waals surface area contributed by atoms with Gasteiger partial charge in [0.1, 0.15) is 5.75 Å². The van der Waals surface area contributed by atoms with Gasteiger partial charge in [-0.1, -0.05) is 38.3 Å². The number of methoxy groups -OCH3 is 1. The summed E-state index contributed by atoms with van der Waals surface area (Å²) >= 11 is 0. The summed E-state index contributed by atoms with van der Waals surface area (Å²) in [6.07, 6.45) is 6.84. The fourth-order valence-electron chi connectivity index (χ4n) is 2.17. The zero-order chi connectivity index (χ0) is 16.8. The Morgan fingerprint density at radius 2 is 1.70 bits per heavy atom. The molecule has 4 heteroatoms. The molecule has 0 amide bonds. The Morgan fingerprint density at radius 3 is 2.39 bits per heavy atom. The van der Waals surface area contributed by atoms with Crippen molar-refractivity contribution in [2.24, 2.45) is 0 Å². The lowest BCUT2D eigenvalue weighted by Gasteiger charge is -2.08. The molecule has 0 bridgehead atoms. The van der Waals surface area contributed by atoms with Crippen molar-refractivity contribution in [3.63, 3.8) is 0 Å². The molecule has 1 aromatic rings. The SMILES string of the molecule is CCCCCOc1ccc(COCCCCCC(=O)OC)cc1. The molecule has 0 atom stereocenters. The number of ether oxygens (including phenoxy) is 3. The third-order valence-corrected chi connectivity index (χ3v) is 3.61. The maximum atomic E-state index is 10.9. The fraction of sp³-hybridized carbons (Fsp3) is 0.632. The van der Waals surface area contributed by atoms with Crippen molar-refractivity contribution in [1.29, 1.82) is 0 Å². The Balaban J connectivity index is 2.05. The Morgan fingerprint density at radius 1 is 0.957 bits per heavy atom. The van der Waals surface area contributed by atoms with Gasteiger partial charge in [0.25, 0.3) is 0 Å². The van der Waals surface area contributed by atoms with Crippen LogP contribution in [0.4, 0.5) is 0 Å². The first-order chi connectivity index (χ1) is 11.3. The molecule has 0 fully saturated rings. The van der Waals surface area contributed by atoms with E-state index < -0.39 is 0 Å². The molecule has 130 valence electrons. The Kier molecular flexibility index (Phi) is 11.0. The van der Waals surface area contributed by atoms with Crippen molar-refractivity contribution >= 4 is 5.97 Å². The lowest BCUT2D eigenvalue weighted by molar-refractivity contribution is -0.140. The van der Waals surface area contributed by atoms with E-state index in [9.17, 15) is 4.79 Å². The number of carbonyl (C=O) groups excluding carboxylic acids is 1. The lowest BCUT2D eigenvalue weighted by atomic mass is 10.2. The molecule has 0 aliphatic heterocycles. The molecule has 0 spiro atoms. The highest BCUT2D eigenvalue weighted by Crippen LogP contribution is 2.14. The first-order valence-electron chi connectivity index (χ1n) is 8.62. The van der Waals surface area contributed by atoms with Gasteiger partial charge < -0.3 is 14.2 Å². The van der Waals surface area contributed by atoms with Crippen LogP contribution >= 0.6 is 0 Å². The van der Waals surface area contributed by atoms with Crippen LogP contribution in [0.25, 0.3) is 0 Å². The van der Waals surface area contributed by atoms with E-state index in [4.69, 9.17) is 9.47 Å². The summed E-state index contributed by atoms with van der Waals surface area (Å²) in [5, 5.41) is 0. The van der Waals surface area contributed by atoms with Crippen LogP contribution in [-0.4, -0.2) is 26.3 Å². The second kappa shape index (κ2) is 12.9. The second-order valence-electron chi connectivity index (χ2n) is 5.64. The minimum absolute atomic E-state index is 0.136. The van der Waals surface area contributed by atoms with Gasteiger partial charge in [0.2, 0.25) is 0 Å². The van der Waals surface area contributed by atoms with Gasteiger partial charge in [0.15, 0.2) is 0 Å². The van der Waals surface area contributed by atoms with Gasteiger partial charge in [-0.25, -0.2) is 0 Å². The normalized spacial score (nSPS) is 10.5. The van der Waals surface area contributed by atoms with Crippen LogP contribution < -0.4 is 4.74 Å². The van der Waals surface area contributed by atoms with Crippen molar-refractivity contribution in [3.8, 4) is 5.75 Å². The zero-order valence-corrected chi connectivity index (χ0v) is 14.5. The molecule has 0 aliphatic rings. The molecule has 0 aliphatic carbocycles. The molecule has 0 heterocycles. The van der Waals surface area contributed by atoms with Gasteiger partial charge >= 0.3 is 5.97 Å². The number of hydrogen-bond donors (Lipinski definition) is 0. The predicted molar refractivity (Wildman–Crippen MR) is 91.6 cm³/mol. The highest BCUT2D eigenvalue weighted by molar-refractivity contribution is 5.68. The first kappa shape index (κ1) is 19.5. The zero-order valence-electron chi connectivity index (χ0n) is 14.5. The minimum Gasteiger partial charge on any atom is -0.494 e. The molecule has 0 aromatic heterocycles. The van der Waals surface area contributed by atoms with E-state index in [0.717, 1.165) is 50.2 Å². The standard InChI is InChI=1S/C19H30O4/c1-3-4-7-15-23-18-12-10-17(11-13-18)16-22-14-8-5-6-9-19(20)21-2/h10-13H,3-9,14-16H2,1-2H3. The quantitative estimate of drug-likeness (QED) is 0.396. The van der Waals surface area contributed by atoms with E-state index in [2.05, 4.69) is 11.7 Å². The lowest BCUT2D eigenvalue weighted by Crippen LogP contribution is -2.00. The van der Waals surface area contributed by atoms with Crippen molar-refractivity contribution in [2.75, 3.05) is 20.3 Å². The maximum Gasteiger partial charge on any atom is 0.305 e. The maximum absolute atomic E-state index is 10.9.